The van der Waals surface area contributed by atoms with Gasteiger partial charge in [0.05, 0.1) is 0 Å². The Morgan fingerprint density at radius 2 is 1.62 bits per heavy atom. The third-order valence-electron chi connectivity index (χ3n) is 3.41. The zero-order valence-electron chi connectivity index (χ0n) is 11.6. The van der Waals surface area contributed by atoms with E-state index < -0.39 is 5.97 Å². The van der Waals surface area contributed by atoms with Crippen LogP contribution in [0.4, 0.5) is 0 Å². The number of rotatable bonds is 8. The fourth-order valence-corrected chi connectivity index (χ4v) is 2.39. The predicted molar refractivity (Wildman–Crippen MR) is 68.6 cm³/mol. The lowest BCUT2D eigenvalue weighted by atomic mass is 9.71. The summed E-state index contributed by atoms with van der Waals surface area (Å²) >= 11 is 0. The number of hydrogen-bond acceptors (Lipinski definition) is 1. The Morgan fingerprint density at radius 1 is 1.06 bits per heavy atom. The van der Waals surface area contributed by atoms with Crippen LogP contribution in [-0.4, -0.2) is 11.1 Å². The second-order valence-corrected chi connectivity index (χ2v) is 6.46. The fourth-order valence-electron chi connectivity index (χ4n) is 2.39. The van der Waals surface area contributed by atoms with Crippen LogP contribution in [0, 0.1) is 10.8 Å². The van der Waals surface area contributed by atoms with Gasteiger partial charge in [0, 0.05) is 6.42 Å². The van der Waals surface area contributed by atoms with Gasteiger partial charge in [-0.1, -0.05) is 47.5 Å². The van der Waals surface area contributed by atoms with Gasteiger partial charge < -0.3 is 5.11 Å². The number of aliphatic carboxylic acids is 1. The summed E-state index contributed by atoms with van der Waals surface area (Å²) in [7, 11) is 0. The highest BCUT2D eigenvalue weighted by Gasteiger charge is 2.26. The maximum absolute atomic E-state index is 10.4. The van der Waals surface area contributed by atoms with Crippen LogP contribution in [-0.2, 0) is 4.79 Å². The standard InChI is InChI=1S/C14H28O2/c1-6-13(2,3)11-14(4,5)10-8-7-9-12(15)16/h6-11H2,1-5H3,(H,15,16). The third kappa shape index (κ3) is 7.72. The number of unbranched alkanes of at least 4 members (excludes halogenated alkanes) is 1. The van der Waals surface area contributed by atoms with Crippen LogP contribution >= 0.6 is 0 Å². The van der Waals surface area contributed by atoms with Crippen LogP contribution in [0.3, 0.4) is 0 Å². The smallest absolute Gasteiger partial charge is 0.303 e. The lowest BCUT2D eigenvalue weighted by Gasteiger charge is -2.34. The highest BCUT2D eigenvalue weighted by molar-refractivity contribution is 5.66. The highest BCUT2D eigenvalue weighted by Crippen LogP contribution is 2.39. The molecule has 0 rings (SSSR count). The van der Waals surface area contributed by atoms with Crippen molar-refractivity contribution >= 4 is 5.97 Å². The number of carboxylic acids is 1. The van der Waals surface area contributed by atoms with E-state index in [4.69, 9.17) is 5.11 Å². The van der Waals surface area contributed by atoms with E-state index in [0.29, 0.717) is 17.3 Å². The summed E-state index contributed by atoms with van der Waals surface area (Å²) in [5.41, 5.74) is 0.730. The van der Waals surface area contributed by atoms with Crippen molar-refractivity contribution in [1.82, 2.24) is 0 Å². The summed E-state index contributed by atoms with van der Waals surface area (Å²) in [4.78, 5) is 10.4. The summed E-state index contributed by atoms with van der Waals surface area (Å²) < 4.78 is 0. The van der Waals surface area contributed by atoms with Crippen molar-refractivity contribution in [2.45, 2.75) is 73.1 Å². The zero-order valence-corrected chi connectivity index (χ0v) is 11.6. The summed E-state index contributed by atoms with van der Waals surface area (Å²) in [5, 5.41) is 8.57. The maximum atomic E-state index is 10.4. The van der Waals surface area contributed by atoms with Crippen LogP contribution in [0.5, 0.6) is 0 Å². The van der Waals surface area contributed by atoms with E-state index in [1.165, 1.54) is 12.8 Å². The SMILES string of the molecule is CCC(C)(C)CC(C)(C)CCCCC(=O)O. The second-order valence-electron chi connectivity index (χ2n) is 6.46. The van der Waals surface area contributed by atoms with Gasteiger partial charge in [0.25, 0.3) is 0 Å². The van der Waals surface area contributed by atoms with E-state index in [-0.39, 0.29) is 0 Å². The normalized spacial score (nSPS) is 12.8. The quantitative estimate of drug-likeness (QED) is 0.622. The van der Waals surface area contributed by atoms with Gasteiger partial charge in [-0.05, 0) is 30.1 Å². The molecule has 0 heterocycles. The molecule has 0 radical (unpaired) electrons. The molecular formula is C14H28O2. The molecule has 0 fully saturated rings. The van der Waals surface area contributed by atoms with Gasteiger partial charge in [-0.2, -0.15) is 0 Å². The number of hydrogen-bond donors (Lipinski definition) is 1. The van der Waals surface area contributed by atoms with Gasteiger partial charge in [0.1, 0.15) is 0 Å². The van der Waals surface area contributed by atoms with Crippen LogP contribution in [0.2, 0.25) is 0 Å². The van der Waals surface area contributed by atoms with Crippen molar-refractivity contribution in [3.63, 3.8) is 0 Å². The molecule has 0 aromatic carbocycles. The first-order valence-electron chi connectivity index (χ1n) is 6.40. The first kappa shape index (κ1) is 15.5. The molecule has 0 atom stereocenters. The molecule has 96 valence electrons. The average Bonchev–Trinajstić information content (AvgIpc) is 2.11. The van der Waals surface area contributed by atoms with Crippen LogP contribution in [0.15, 0.2) is 0 Å². The molecule has 0 aromatic heterocycles. The molecule has 0 aliphatic heterocycles. The predicted octanol–water partition coefficient (Wildman–Crippen LogP) is 4.48. The molecule has 0 saturated heterocycles. The Bertz CT molecular complexity index is 217. The molecule has 0 saturated carbocycles. The number of carboxylic acid groups (broad SMARTS) is 1. The molecule has 0 unspecified atom stereocenters. The van der Waals surface area contributed by atoms with E-state index in [2.05, 4.69) is 34.6 Å². The van der Waals surface area contributed by atoms with Gasteiger partial charge in [-0.25, -0.2) is 0 Å². The Balaban J connectivity index is 3.91. The lowest BCUT2D eigenvalue weighted by molar-refractivity contribution is -0.137. The molecular weight excluding hydrogens is 200 g/mol. The molecule has 0 bridgehead atoms. The molecule has 0 spiro atoms. The summed E-state index contributed by atoms with van der Waals surface area (Å²) in [6.07, 6.45) is 5.69. The Kier molecular flexibility index (Phi) is 6.06. The van der Waals surface area contributed by atoms with Crippen molar-refractivity contribution in [2.75, 3.05) is 0 Å². The largest absolute Gasteiger partial charge is 0.481 e. The minimum Gasteiger partial charge on any atom is -0.481 e. The molecule has 0 amide bonds. The van der Waals surface area contributed by atoms with Crippen molar-refractivity contribution in [2.24, 2.45) is 10.8 Å². The Morgan fingerprint density at radius 3 is 2.06 bits per heavy atom. The van der Waals surface area contributed by atoms with E-state index in [0.717, 1.165) is 19.3 Å². The molecule has 0 aromatic rings. The zero-order chi connectivity index (χ0) is 12.8. The van der Waals surface area contributed by atoms with E-state index >= 15 is 0 Å². The van der Waals surface area contributed by atoms with Gasteiger partial charge >= 0.3 is 5.97 Å². The van der Waals surface area contributed by atoms with Crippen molar-refractivity contribution < 1.29 is 9.90 Å². The number of carbonyl (C=O) groups is 1. The second kappa shape index (κ2) is 6.27. The first-order valence-corrected chi connectivity index (χ1v) is 6.40. The molecule has 2 nitrogen and oxygen atoms in total. The van der Waals surface area contributed by atoms with Gasteiger partial charge in [0.15, 0.2) is 0 Å². The molecule has 1 N–H and O–H groups in total. The van der Waals surface area contributed by atoms with Crippen molar-refractivity contribution in [3.8, 4) is 0 Å². The fraction of sp³-hybridized carbons (Fsp3) is 0.929. The minimum atomic E-state index is -0.674. The topological polar surface area (TPSA) is 37.3 Å². The lowest BCUT2D eigenvalue weighted by Crippen LogP contribution is -2.22. The van der Waals surface area contributed by atoms with Gasteiger partial charge in [-0.3, -0.25) is 4.79 Å². The van der Waals surface area contributed by atoms with Crippen molar-refractivity contribution in [3.05, 3.63) is 0 Å². The van der Waals surface area contributed by atoms with E-state index in [1.807, 2.05) is 0 Å². The van der Waals surface area contributed by atoms with Crippen molar-refractivity contribution in [1.29, 1.82) is 0 Å². The minimum absolute atomic E-state index is 0.313. The molecule has 16 heavy (non-hydrogen) atoms. The summed E-state index contributed by atoms with van der Waals surface area (Å²) in [6.45, 7) is 11.5. The van der Waals surface area contributed by atoms with Gasteiger partial charge in [-0.15, -0.1) is 0 Å². The Hall–Kier alpha value is -0.530. The average molecular weight is 228 g/mol. The van der Waals surface area contributed by atoms with Crippen LogP contribution in [0.25, 0.3) is 0 Å². The van der Waals surface area contributed by atoms with Crippen LogP contribution < -0.4 is 0 Å². The Labute approximate surface area is 100 Å². The highest BCUT2D eigenvalue weighted by atomic mass is 16.4. The van der Waals surface area contributed by atoms with E-state index in [1.54, 1.807) is 0 Å². The molecule has 0 aliphatic rings. The summed E-state index contributed by atoms with van der Waals surface area (Å²) in [6, 6.07) is 0. The van der Waals surface area contributed by atoms with E-state index in [9.17, 15) is 4.79 Å². The van der Waals surface area contributed by atoms with Gasteiger partial charge in [0.2, 0.25) is 0 Å². The monoisotopic (exact) mass is 228 g/mol. The molecule has 0 aliphatic carbocycles. The molecule has 2 heteroatoms. The summed E-state index contributed by atoms with van der Waals surface area (Å²) in [5.74, 6) is -0.674. The maximum Gasteiger partial charge on any atom is 0.303 e. The third-order valence-corrected chi connectivity index (χ3v) is 3.41. The first-order chi connectivity index (χ1) is 7.18. The van der Waals surface area contributed by atoms with Crippen LogP contribution in [0.1, 0.15) is 73.1 Å².